The number of benzene rings is 1. The Hall–Kier alpha value is -1.08. The van der Waals surface area contributed by atoms with Crippen LogP contribution in [-0.2, 0) is 20.8 Å². The molecule has 2 N–H and O–H groups in total. The fourth-order valence-corrected chi connectivity index (χ4v) is 1.49. The second kappa shape index (κ2) is 8.92. The molecule has 1 aromatic rings. The highest BCUT2D eigenvalue weighted by molar-refractivity contribution is 7.80. The summed E-state index contributed by atoms with van der Waals surface area (Å²) in [7, 11) is 1.61. The lowest BCUT2D eigenvalue weighted by Gasteiger charge is -2.07. The van der Waals surface area contributed by atoms with Gasteiger partial charge in [-0.3, -0.25) is 0 Å². The van der Waals surface area contributed by atoms with Crippen molar-refractivity contribution < 1.29 is 18.6 Å². The number of methoxy groups -OCH3 is 1. The van der Waals surface area contributed by atoms with Crippen LogP contribution in [0.1, 0.15) is 11.1 Å². The van der Waals surface area contributed by atoms with Crippen molar-refractivity contribution in [2.75, 3.05) is 33.5 Å². The summed E-state index contributed by atoms with van der Waals surface area (Å²) in [5.41, 5.74) is 6.40. The van der Waals surface area contributed by atoms with E-state index in [9.17, 15) is 4.39 Å². The van der Waals surface area contributed by atoms with Gasteiger partial charge in [0, 0.05) is 18.2 Å². The molecule has 0 radical (unpaired) electrons. The van der Waals surface area contributed by atoms with Gasteiger partial charge in [-0.2, -0.15) is 0 Å². The molecule has 106 valence electrons. The van der Waals surface area contributed by atoms with Crippen molar-refractivity contribution in [1.29, 1.82) is 0 Å². The molecule has 0 heterocycles. The maximum Gasteiger partial charge on any atom is 0.129 e. The molecule has 0 bridgehead atoms. The Morgan fingerprint density at radius 3 is 2.53 bits per heavy atom. The fourth-order valence-electron chi connectivity index (χ4n) is 1.36. The second-order valence-corrected chi connectivity index (χ2v) is 4.27. The van der Waals surface area contributed by atoms with Gasteiger partial charge < -0.3 is 19.9 Å². The summed E-state index contributed by atoms with van der Waals surface area (Å²) in [4.78, 5) is 0.179. The predicted molar refractivity (Wildman–Crippen MR) is 74.6 cm³/mol. The van der Waals surface area contributed by atoms with Crippen molar-refractivity contribution in [3.63, 3.8) is 0 Å². The molecular formula is C13H18FNO3S. The normalized spacial score (nSPS) is 10.6. The molecule has 0 fully saturated rings. The van der Waals surface area contributed by atoms with Crippen LogP contribution in [0.4, 0.5) is 4.39 Å². The van der Waals surface area contributed by atoms with E-state index in [1.807, 2.05) is 0 Å². The van der Waals surface area contributed by atoms with Crippen molar-refractivity contribution in [3.8, 4) is 0 Å². The van der Waals surface area contributed by atoms with Crippen LogP contribution < -0.4 is 5.73 Å². The number of hydrogen-bond donors (Lipinski definition) is 1. The monoisotopic (exact) mass is 287 g/mol. The fraction of sp³-hybridized carbons (Fsp3) is 0.462. The molecule has 6 heteroatoms. The van der Waals surface area contributed by atoms with Gasteiger partial charge in [0.05, 0.1) is 33.0 Å². The lowest BCUT2D eigenvalue weighted by atomic mass is 10.1. The molecule has 0 aromatic heterocycles. The first-order valence-electron chi connectivity index (χ1n) is 5.87. The van der Waals surface area contributed by atoms with Crippen LogP contribution in [0.5, 0.6) is 0 Å². The average Bonchev–Trinajstić information content (AvgIpc) is 2.39. The highest BCUT2D eigenvalue weighted by atomic mass is 32.1. The van der Waals surface area contributed by atoms with Crippen molar-refractivity contribution in [1.82, 2.24) is 0 Å². The van der Waals surface area contributed by atoms with Crippen LogP contribution in [-0.4, -0.2) is 38.5 Å². The minimum absolute atomic E-state index is 0.179. The second-order valence-electron chi connectivity index (χ2n) is 3.83. The summed E-state index contributed by atoms with van der Waals surface area (Å²) in [6.07, 6.45) is 0. The number of rotatable bonds is 9. The highest BCUT2D eigenvalue weighted by Gasteiger charge is 2.05. The largest absolute Gasteiger partial charge is 0.389 e. The number of ether oxygens (including phenoxy) is 3. The first-order valence-corrected chi connectivity index (χ1v) is 6.28. The minimum Gasteiger partial charge on any atom is -0.389 e. The molecule has 4 nitrogen and oxygen atoms in total. The Labute approximate surface area is 117 Å². The number of halogens is 1. The first kappa shape index (κ1) is 16.0. The Kier molecular flexibility index (Phi) is 7.50. The minimum atomic E-state index is -0.370. The lowest BCUT2D eigenvalue weighted by Crippen LogP contribution is -2.11. The Morgan fingerprint density at radius 2 is 1.89 bits per heavy atom. The first-order chi connectivity index (χ1) is 9.15. The third-order valence-electron chi connectivity index (χ3n) is 2.40. The van der Waals surface area contributed by atoms with E-state index in [0.717, 1.165) is 0 Å². The zero-order chi connectivity index (χ0) is 14.1. The van der Waals surface area contributed by atoms with E-state index in [-0.39, 0.29) is 17.4 Å². The molecule has 0 atom stereocenters. The van der Waals surface area contributed by atoms with E-state index in [2.05, 4.69) is 0 Å². The van der Waals surface area contributed by atoms with Gasteiger partial charge in [0.25, 0.3) is 0 Å². The van der Waals surface area contributed by atoms with Crippen LogP contribution >= 0.6 is 12.2 Å². The van der Waals surface area contributed by atoms with E-state index in [0.29, 0.717) is 37.6 Å². The van der Waals surface area contributed by atoms with Gasteiger partial charge in [-0.15, -0.1) is 0 Å². The quantitative estimate of drug-likeness (QED) is 0.553. The SMILES string of the molecule is COCCOCCOCc1ccc(C(N)=S)cc1F. The average molecular weight is 287 g/mol. The molecule has 0 aliphatic carbocycles. The highest BCUT2D eigenvalue weighted by Crippen LogP contribution is 2.11. The molecule has 1 aromatic carbocycles. The Balaban J connectivity index is 2.28. The topological polar surface area (TPSA) is 53.7 Å². The Morgan fingerprint density at radius 1 is 1.21 bits per heavy atom. The third kappa shape index (κ3) is 6.07. The van der Waals surface area contributed by atoms with Crippen molar-refractivity contribution >= 4 is 17.2 Å². The molecule has 19 heavy (non-hydrogen) atoms. The maximum absolute atomic E-state index is 13.6. The molecule has 0 aliphatic rings. The van der Waals surface area contributed by atoms with E-state index in [1.54, 1.807) is 19.2 Å². The molecule has 0 saturated heterocycles. The standard InChI is InChI=1S/C13H18FNO3S/c1-16-4-5-17-6-7-18-9-11-3-2-10(13(15)19)8-12(11)14/h2-3,8H,4-7,9H2,1H3,(H2,15,19). The van der Waals surface area contributed by atoms with Crippen LogP contribution in [0.2, 0.25) is 0 Å². The van der Waals surface area contributed by atoms with Crippen LogP contribution in [0.25, 0.3) is 0 Å². The molecule has 0 aliphatic heterocycles. The van der Waals surface area contributed by atoms with Gasteiger partial charge in [0.2, 0.25) is 0 Å². The predicted octanol–water partition coefficient (Wildman–Crippen LogP) is 1.64. The van der Waals surface area contributed by atoms with Crippen LogP contribution in [0.3, 0.4) is 0 Å². The molecule has 0 saturated carbocycles. The van der Waals surface area contributed by atoms with E-state index in [4.69, 9.17) is 32.2 Å². The molecule has 0 unspecified atom stereocenters. The van der Waals surface area contributed by atoms with Gasteiger partial charge in [0.15, 0.2) is 0 Å². The number of nitrogens with two attached hydrogens (primary N) is 1. The van der Waals surface area contributed by atoms with Gasteiger partial charge in [-0.25, -0.2) is 4.39 Å². The lowest BCUT2D eigenvalue weighted by molar-refractivity contribution is 0.0194. The summed E-state index contributed by atoms with van der Waals surface area (Å²) >= 11 is 4.77. The van der Waals surface area contributed by atoms with Crippen molar-refractivity contribution in [2.24, 2.45) is 5.73 Å². The summed E-state index contributed by atoms with van der Waals surface area (Å²) < 4.78 is 29.0. The van der Waals surface area contributed by atoms with Crippen molar-refractivity contribution in [3.05, 3.63) is 35.1 Å². The Bertz CT molecular complexity index is 415. The van der Waals surface area contributed by atoms with E-state index < -0.39 is 0 Å². The number of hydrogen-bond acceptors (Lipinski definition) is 4. The van der Waals surface area contributed by atoms with E-state index >= 15 is 0 Å². The summed E-state index contributed by atoms with van der Waals surface area (Å²) in [6, 6.07) is 4.62. The van der Waals surface area contributed by atoms with E-state index in [1.165, 1.54) is 6.07 Å². The molecule has 0 amide bonds. The summed E-state index contributed by atoms with van der Waals surface area (Å²) in [5.74, 6) is -0.370. The number of thiocarbonyl (C=S) groups is 1. The molecule has 1 rings (SSSR count). The third-order valence-corrected chi connectivity index (χ3v) is 2.63. The van der Waals surface area contributed by atoms with Crippen LogP contribution in [0.15, 0.2) is 18.2 Å². The zero-order valence-electron chi connectivity index (χ0n) is 10.9. The van der Waals surface area contributed by atoms with Gasteiger partial charge in [-0.05, 0) is 6.07 Å². The van der Waals surface area contributed by atoms with Crippen LogP contribution in [0, 0.1) is 5.82 Å². The van der Waals surface area contributed by atoms with Gasteiger partial charge in [-0.1, -0.05) is 24.4 Å². The summed E-state index contributed by atoms with van der Waals surface area (Å²) in [6.45, 7) is 2.12. The van der Waals surface area contributed by atoms with Crippen molar-refractivity contribution in [2.45, 2.75) is 6.61 Å². The summed E-state index contributed by atoms with van der Waals surface area (Å²) in [5, 5.41) is 0. The zero-order valence-corrected chi connectivity index (χ0v) is 11.7. The molecular weight excluding hydrogens is 269 g/mol. The smallest absolute Gasteiger partial charge is 0.129 e. The molecule has 0 spiro atoms. The van der Waals surface area contributed by atoms with Gasteiger partial charge in [0.1, 0.15) is 10.8 Å². The van der Waals surface area contributed by atoms with Gasteiger partial charge >= 0.3 is 0 Å². The maximum atomic E-state index is 13.6.